The van der Waals surface area contributed by atoms with E-state index in [2.05, 4.69) is 24.7 Å². The second kappa shape index (κ2) is 8.95. The Kier molecular flexibility index (Phi) is 6.44. The van der Waals surface area contributed by atoms with Crippen molar-refractivity contribution in [3.8, 4) is 0 Å². The molecule has 200 valence electrons. The number of aliphatic hydroxyl groups excluding tert-OH is 2. The highest BCUT2D eigenvalue weighted by molar-refractivity contribution is 7.46. The van der Waals surface area contributed by atoms with Crippen LogP contribution in [0.1, 0.15) is 65.2 Å². The number of phosphoric ester groups is 1. The number of rotatable bonds is 6. The molecule has 3 saturated carbocycles. The summed E-state index contributed by atoms with van der Waals surface area (Å²) in [6, 6.07) is 0. The summed E-state index contributed by atoms with van der Waals surface area (Å²) >= 11 is 0. The molecule has 0 spiro atoms. The highest BCUT2D eigenvalue weighted by Crippen LogP contribution is 2.64. The fourth-order valence-corrected chi connectivity index (χ4v) is 8.66. The topological polar surface area (TPSA) is 165 Å². The van der Waals surface area contributed by atoms with Crippen molar-refractivity contribution in [3.05, 3.63) is 23.2 Å². The summed E-state index contributed by atoms with van der Waals surface area (Å²) in [7, 11) is -5.10. The fourth-order valence-electron chi connectivity index (χ4n) is 7.69. The number of hydrogen-bond acceptors (Lipinski definition) is 10. The van der Waals surface area contributed by atoms with E-state index in [1.54, 1.807) is 0 Å². The quantitative estimate of drug-likeness (QED) is 0.293. The standard InChI is InChI=1S/C25H35O10P/c1-24-9-7-14(34-36(31,32)35-22-20(29)21(18(27)12-26)33-23(22)30)11-13(24)3-4-15-16-5-6-19(28)25(16,2)10-8-17(15)24/h3,14-18,21,26-27,29H,4-12H2,1-2H3,(H,31,32)/p-2/t14-,15?,16?,17?,18?,21?,24-,25-/m0/s1. The maximum absolute atomic E-state index is 12.6. The SMILES string of the molecule is C[C@]12CC[C@H](OP(=O)([O-])OC3=C([O-])C(C(O)CO)OC3=O)CC1=CCC1C2CC[C@]2(C)C(=O)CCC12. The largest absolute Gasteiger partial charge is 0.870 e. The smallest absolute Gasteiger partial charge is 0.373 e. The van der Waals surface area contributed by atoms with Crippen LogP contribution in [0.4, 0.5) is 0 Å². The summed E-state index contributed by atoms with van der Waals surface area (Å²) in [5.41, 5.74) is 0.860. The van der Waals surface area contributed by atoms with Gasteiger partial charge in [-0.1, -0.05) is 25.5 Å². The van der Waals surface area contributed by atoms with Crippen molar-refractivity contribution in [2.24, 2.45) is 28.6 Å². The van der Waals surface area contributed by atoms with Gasteiger partial charge in [0.25, 0.3) is 0 Å². The summed E-state index contributed by atoms with van der Waals surface area (Å²) in [5.74, 6) is -1.88. The molecule has 10 nitrogen and oxygen atoms in total. The third kappa shape index (κ3) is 4.06. The molecular weight excluding hydrogens is 491 g/mol. The van der Waals surface area contributed by atoms with E-state index in [4.69, 9.17) is 14.2 Å². The Labute approximate surface area is 209 Å². The lowest BCUT2D eigenvalue weighted by molar-refractivity contribution is -0.324. The monoisotopic (exact) mass is 524 g/mol. The van der Waals surface area contributed by atoms with Gasteiger partial charge in [-0.15, -0.1) is 0 Å². The van der Waals surface area contributed by atoms with Gasteiger partial charge in [0, 0.05) is 11.8 Å². The predicted molar refractivity (Wildman–Crippen MR) is 120 cm³/mol. The maximum atomic E-state index is 12.6. The second-order valence-electron chi connectivity index (χ2n) is 11.5. The molecule has 1 aliphatic heterocycles. The van der Waals surface area contributed by atoms with Gasteiger partial charge in [0.2, 0.25) is 5.76 Å². The molecular formula is C25H33O10P-2. The number of esters is 1. The van der Waals surface area contributed by atoms with Gasteiger partial charge in [0.15, 0.2) is 0 Å². The minimum Gasteiger partial charge on any atom is -0.870 e. The van der Waals surface area contributed by atoms with E-state index in [1.807, 2.05) is 0 Å². The van der Waals surface area contributed by atoms with Crippen LogP contribution < -0.4 is 10.00 Å². The van der Waals surface area contributed by atoms with E-state index in [0.717, 1.165) is 37.7 Å². The molecule has 6 unspecified atom stereocenters. The number of hydrogen-bond donors (Lipinski definition) is 2. The summed E-state index contributed by atoms with van der Waals surface area (Å²) in [5, 5.41) is 30.8. The summed E-state index contributed by atoms with van der Waals surface area (Å²) < 4.78 is 27.2. The molecule has 2 N–H and O–H groups in total. The Bertz CT molecular complexity index is 1070. The number of phosphoric acid groups is 1. The number of carbonyl (C=O) groups excluding carboxylic acids is 2. The highest BCUT2D eigenvalue weighted by Gasteiger charge is 2.58. The van der Waals surface area contributed by atoms with Gasteiger partial charge in [0.05, 0.1) is 12.7 Å². The Morgan fingerprint density at radius 3 is 2.61 bits per heavy atom. The molecule has 5 rings (SSSR count). The van der Waals surface area contributed by atoms with E-state index < -0.39 is 50.2 Å². The Morgan fingerprint density at radius 2 is 1.89 bits per heavy atom. The predicted octanol–water partition coefficient (Wildman–Crippen LogP) is 1.24. The minimum atomic E-state index is -5.10. The molecule has 5 aliphatic rings. The van der Waals surface area contributed by atoms with Crippen LogP contribution in [-0.2, 0) is 27.9 Å². The van der Waals surface area contributed by atoms with Crippen LogP contribution in [0.2, 0.25) is 0 Å². The van der Waals surface area contributed by atoms with Gasteiger partial charge >= 0.3 is 13.8 Å². The molecule has 0 bridgehead atoms. The zero-order chi connectivity index (χ0) is 26.0. The fraction of sp³-hybridized carbons (Fsp3) is 0.760. The van der Waals surface area contributed by atoms with Crippen molar-refractivity contribution in [1.29, 1.82) is 0 Å². The number of fused-ring (bicyclic) bond motifs is 5. The van der Waals surface area contributed by atoms with Crippen molar-refractivity contribution in [2.75, 3.05) is 6.61 Å². The third-order valence-electron chi connectivity index (χ3n) is 9.69. The van der Waals surface area contributed by atoms with E-state index in [1.165, 1.54) is 0 Å². The maximum Gasteiger partial charge on any atom is 0.373 e. The zero-order valence-corrected chi connectivity index (χ0v) is 21.4. The summed E-state index contributed by atoms with van der Waals surface area (Å²) in [4.78, 5) is 37.1. The van der Waals surface area contributed by atoms with Gasteiger partial charge in [-0.05, 0) is 73.9 Å². The normalized spacial score (nSPS) is 42.6. The lowest BCUT2D eigenvalue weighted by atomic mass is 9.48. The summed E-state index contributed by atoms with van der Waals surface area (Å²) in [6.45, 7) is 3.53. The average Bonchev–Trinajstić information content (AvgIpc) is 3.28. The van der Waals surface area contributed by atoms with Crippen LogP contribution in [0.25, 0.3) is 0 Å². The first kappa shape index (κ1) is 25.9. The molecule has 3 fully saturated rings. The van der Waals surface area contributed by atoms with Crippen LogP contribution in [0.5, 0.6) is 0 Å². The lowest BCUT2D eigenvalue weighted by Crippen LogP contribution is -2.50. The van der Waals surface area contributed by atoms with Crippen LogP contribution >= 0.6 is 7.82 Å². The number of allylic oxidation sites excluding steroid dienone is 1. The van der Waals surface area contributed by atoms with Crippen LogP contribution in [0, 0.1) is 28.6 Å². The number of cyclic esters (lactones) is 1. The molecule has 0 saturated heterocycles. The Hall–Kier alpha value is -1.71. The molecule has 0 radical (unpaired) electrons. The molecule has 36 heavy (non-hydrogen) atoms. The van der Waals surface area contributed by atoms with Crippen molar-refractivity contribution in [3.63, 3.8) is 0 Å². The molecule has 0 aromatic rings. The lowest BCUT2D eigenvalue weighted by Gasteiger charge is -2.57. The van der Waals surface area contributed by atoms with Crippen LogP contribution in [0.3, 0.4) is 0 Å². The average molecular weight is 525 g/mol. The van der Waals surface area contributed by atoms with Gasteiger partial charge in [-0.3, -0.25) is 9.36 Å². The van der Waals surface area contributed by atoms with Gasteiger partial charge in [-0.25, -0.2) is 4.79 Å². The Morgan fingerprint density at radius 1 is 1.19 bits per heavy atom. The van der Waals surface area contributed by atoms with Crippen molar-refractivity contribution >= 4 is 19.6 Å². The van der Waals surface area contributed by atoms with Gasteiger partial charge < -0.3 is 34.0 Å². The molecule has 11 heteroatoms. The van der Waals surface area contributed by atoms with Crippen molar-refractivity contribution < 1.29 is 48.2 Å². The minimum absolute atomic E-state index is 0.0862. The Balaban J connectivity index is 1.28. The molecule has 1 heterocycles. The van der Waals surface area contributed by atoms with E-state index in [-0.39, 0.29) is 10.8 Å². The first-order valence-electron chi connectivity index (χ1n) is 12.7. The molecule has 0 aromatic carbocycles. The first-order chi connectivity index (χ1) is 16.9. The van der Waals surface area contributed by atoms with E-state index in [0.29, 0.717) is 42.8 Å². The number of Topliss-reactive ketones (excluding diaryl/α,β-unsaturated/α-hetero) is 1. The van der Waals surface area contributed by atoms with Crippen LogP contribution in [-0.4, -0.2) is 46.9 Å². The third-order valence-corrected chi connectivity index (χ3v) is 10.6. The van der Waals surface area contributed by atoms with Crippen molar-refractivity contribution in [2.45, 2.75) is 83.5 Å². The van der Waals surface area contributed by atoms with Gasteiger partial charge in [-0.2, -0.15) is 0 Å². The van der Waals surface area contributed by atoms with Gasteiger partial charge in [0.1, 0.15) is 18.0 Å². The zero-order valence-electron chi connectivity index (χ0n) is 20.5. The number of carbonyl (C=O) groups is 2. The van der Waals surface area contributed by atoms with E-state index >= 15 is 0 Å². The second-order valence-corrected chi connectivity index (χ2v) is 12.7. The molecule has 9 atom stereocenters. The highest BCUT2D eigenvalue weighted by atomic mass is 31.2. The van der Waals surface area contributed by atoms with Crippen LogP contribution in [0.15, 0.2) is 23.2 Å². The summed E-state index contributed by atoms with van der Waals surface area (Å²) in [6.07, 6.45) is 4.06. The molecule has 0 amide bonds. The molecule has 4 aliphatic carbocycles. The first-order valence-corrected chi connectivity index (χ1v) is 14.2. The number of ether oxygens (including phenoxy) is 1. The number of ketones is 1. The molecule has 0 aromatic heterocycles. The number of aliphatic hydroxyl groups is 2. The van der Waals surface area contributed by atoms with Crippen molar-refractivity contribution in [1.82, 2.24) is 0 Å². The van der Waals surface area contributed by atoms with E-state index in [9.17, 15) is 29.3 Å².